The van der Waals surface area contributed by atoms with Crippen LogP contribution in [0.5, 0.6) is 0 Å². The Morgan fingerprint density at radius 1 is 1.21 bits per heavy atom. The molecular formula is C8H6BFN2O2. The summed E-state index contributed by atoms with van der Waals surface area (Å²) in [6, 6.07) is 4.44. The van der Waals surface area contributed by atoms with Crippen molar-refractivity contribution in [3.8, 4) is 0 Å². The maximum atomic E-state index is 12.7. The van der Waals surface area contributed by atoms with Crippen LogP contribution in [-0.2, 0) is 0 Å². The number of halogens is 1. The third-order valence-corrected chi connectivity index (χ3v) is 1.84. The highest BCUT2D eigenvalue weighted by Gasteiger charge is 2.11. The number of aromatic nitrogens is 2. The standard InChI is InChI=1S/C8H6BFN2O2/c10-8-4-11-6-2-1-5(9(13)14)3-7(6)12-8/h1-4,13-14H. The summed E-state index contributed by atoms with van der Waals surface area (Å²) in [5.74, 6) is -0.693. The van der Waals surface area contributed by atoms with Crippen molar-refractivity contribution >= 4 is 23.6 Å². The molecule has 0 saturated heterocycles. The van der Waals surface area contributed by atoms with Gasteiger partial charge in [0.2, 0.25) is 5.95 Å². The van der Waals surface area contributed by atoms with Crippen LogP contribution in [-0.4, -0.2) is 27.1 Å². The van der Waals surface area contributed by atoms with Crippen molar-refractivity contribution in [2.24, 2.45) is 0 Å². The van der Waals surface area contributed by atoms with Crippen molar-refractivity contribution in [3.05, 3.63) is 30.3 Å². The molecule has 14 heavy (non-hydrogen) atoms. The lowest BCUT2D eigenvalue weighted by Crippen LogP contribution is -2.29. The van der Waals surface area contributed by atoms with Gasteiger partial charge in [-0.25, -0.2) is 9.97 Å². The van der Waals surface area contributed by atoms with Crippen LogP contribution < -0.4 is 5.46 Å². The van der Waals surface area contributed by atoms with E-state index in [4.69, 9.17) is 10.0 Å². The van der Waals surface area contributed by atoms with E-state index in [-0.39, 0.29) is 5.46 Å². The molecule has 0 unspecified atom stereocenters. The van der Waals surface area contributed by atoms with Crippen molar-refractivity contribution < 1.29 is 14.4 Å². The van der Waals surface area contributed by atoms with Crippen LogP contribution in [0.3, 0.4) is 0 Å². The van der Waals surface area contributed by atoms with Gasteiger partial charge in [-0.1, -0.05) is 6.07 Å². The number of nitrogens with zero attached hydrogens (tertiary/aromatic N) is 2. The van der Waals surface area contributed by atoms with Gasteiger partial charge in [-0.2, -0.15) is 4.39 Å². The molecule has 0 aliphatic rings. The molecule has 1 aromatic heterocycles. The summed E-state index contributed by atoms with van der Waals surface area (Å²) in [4.78, 5) is 7.35. The van der Waals surface area contributed by atoms with Gasteiger partial charge in [-0.3, -0.25) is 0 Å². The summed E-state index contributed by atoms with van der Waals surface area (Å²) in [5.41, 5.74) is 1.07. The fraction of sp³-hybridized carbons (Fsp3) is 0. The molecule has 0 aliphatic heterocycles. The highest BCUT2D eigenvalue weighted by molar-refractivity contribution is 6.58. The summed E-state index contributed by atoms with van der Waals surface area (Å²) < 4.78 is 12.7. The van der Waals surface area contributed by atoms with E-state index >= 15 is 0 Å². The second kappa shape index (κ2) is 3.32. The molecule has 2 rings (SSSR count). The number of benzene rings is 1. The highest BCUT2D eigenvalue weighted by Crippen LogP contribution is 2.06. The van der Waals surface area contributed by atoms with Crippen molar-refractivity contribution in [2.45, 2.75) is 0 Å². The molecule has 0 bridgehead atoms. The predicted octanol–water partition coefficient (Wildman–Crippen LogP) is -0.551. The van der Waals surface area contributed by atoms with Crippen LogP contribution in [0, 0.1) is 5.95 Å². The third-order valence-electron chi connectivity index (χ3n) is 1.84. The Labute approximate surface area is 79.2 Å². The first-order valence-corrected chi connectivity index (χ1v) is 3.95. The topological polar surface area (TPSA) is 66.2 Å². The molecular weight excluding hydrogens is 186 g/mol. The van der Waals surface area contributed by atoms with Gasteiger partial charge in [0.15, 0.2) is 0 Å². The lowest BCUT2D eigenvalue weighted by atomic mass is 9.80. The molecule has 0 saturated carbocycles. The summed E-state index contributed by atoms with van der Waals surface area (Å²) >= 11 is 0. The predicted molar refractivity (Wildman–Crippen MR) is 49.3 cm³/mol. The fourth-order valence-electron chi connectivity index (χ4n) is 1.17. The quantitative estimate of drug-likeness (QED) is 0.594. The Bertz CT molecular complexity index is 478. The van der Waals surface area contributed by atoms with Gasteiger partial charge < -0.3 is 10.0 Å². The number of hydrogen-bond acceptors (Lipinski definition) is 4. The Kier molecular flexibility index (Phi) is 2.15. The summed E-state index contributed by atoms with van der Waals surface area (Å²) in [7, 11) is -1.58. The van der Waals surface area contributed by atoms with Crippen LogP contribution in [0.4, 0.5) is 4.39 Å². The molecule has 70 valence electrons. The van der Waals surface area contributed by atoms with Gasteiger partial charge in [0.25, 0.3) is 0 Å². The Balaban J connectivity index is 2.63. The van der Waals surface area contributed by atoms with Gasteiger partial charge in [-0.05, 0) is 17.6 Å². The zero-order valence-electron chi connectivity index (χ0n) is 7.05. The minimum absolute atomic E-state index is 0.261. The van der Waals surface area contributed by atoms with Crippen molar-refractivity contribution in [2.75, 3.05) is 0 Å². The molecule has 0 aliphatic carbocycles. The lowest BCUT2D eigenvalue weighted by Gasteiger charge is -2.00. The largest absolute Gasteiger partial charge is 0.488 e. The average molecular weight is 192 g/mol. The average Bonchev–Trinajstić information content (AvgIpc) is 2.16. The van der Waals surface area contributed by atoms with Crippen molar-refractivity contribution in [1.82, 2.24) is 9.97 Å². The Hall–Kier alpha value is -1.53. The molecule has 1 aromatic carbocycles. The molecule has 0 atom stereocenters. The minimum Gasteiger partial charge on any atom is -0.423 e. The van der Waals surface area contributed by atoms with E-state index in [1.165, 1.54) is 12.1 Å². The zero-order chi connectivity index (χ0) is 10.1. The molecule has 0 radical (unpaired) electrons. The number of rotatable bonds is 1. The number of hydrogen-bond donors (Lipinski definition) is 2. The molecule has 6 heteroatoms. The van der Waals surface area contributed by atoms with Gasteiger partial charge in [0.1, 0.15) is 0 Å². The van der Waals surface area contributed by atoms with E-state index in [0.29, 0.717) is 11.0 Å². The Morgan fingerprint density at radius 2 is 2.00 bits per heavy atom. The molecule has 0 fully saturated rings. The smallest absolute Gasteiger partial charge is 0.423 e. The molecule has 1 heterocycles. The van der Waals surface area contributed by atoms with Crippen LogP contribution >= 0.6 is 0 Å². The molecule has 0 amide bonds. The van der Waals surface area contributed by atoms with E-state index < -0.39 is 13.1 Å². The molecule has 0 spiro atoms. The fourth-order valence-corrected chi connectivity index (χ4v) is 1.17. The summed E-state index contributed by atoms with van der Waals surface area (Å²) in [6.45, 7) is 0. The second-order valence-electron chi connectivity index (χ2n) is 2.81. The minimum atomic E-state index is -1.58. The van der Waals surface area contributed by atoms with Crippen molar-refractivity contribution in [1.29, 1.82) is 0 Å². The Morgan fingerprint density at radius 3 is 2.71 bits per heavy atom. The summed E-state index contributed by atoms with van der Waals surface area (Å²) in [6.07, 6.45) is 1.01. The van der Waals surface area contributed by atoms with Gasteiger partial charge >= 0.3 is 7.12 Å². The van der Waals surface area contributed by atoms with Crippen LogP contribution in [0.25, 0.3) is 11.0 Å². The monoisotopic (exact) mass is 192 g/mol. The maximum Gasteiger partial charge on any atom is 0.488 e. The first-order valence-electron chi connectivity index (χ1n) is 3.95. The summed E-state index contributed by atoms with van der Waals surface area (Å²) in [5, 5.41) is 17.7. The van der Waals surface area contributed by atoms with E-state index in [0.717, 1.165) is 6.20 Å². The lowest BCUT2D eigenvalue weighted by molar-refractivity contribution is 0.426. The normalized spacial score (nSPS) is 10.5. The van der Waals surface area contributed by atoms with Crippen molar-refractivity contribution in [3.63, 3.8) is 0 Å². The number of fused-ring (bicyclic) bond motifs is 1. The first kappa shape index (κ1) is 9.05. The zero-order valence-corrected chi connectivity index (χ0v) is 7.05. The van der Waals surface area contributed by atoms with Crippen LogP contribution in [0.2, 0.25) is 0 Å². The second-order valence-corrected chi connectivity index (χ2v) is 2.81. The van der Waals surface area contributed by atoms with E-state index in [2.05, 4.69) is 9.97 Å². The van der Waals surface area contributed by atoms with E-state index in [1.807, 2.05) is 0 Å². The van der Waals surface area contributed by atoms with Gasteiger partial charge in [0, 0.05) is 0 Å². The highest BCUT2D eigenvalue weighted by atomic mass is 19.1. The third kappa shape index (κ3) is 1.57. The van der Waals surface area contributed by atoms with Crippen LogP contribution in [0.15, 0.2) is 24.4 Å². The maximum absolute atomic E-state index is 12.7. The van der Waals surface area contributed by atoms with Gasteiger partial charge in [-0.15, -0.1) is 0 Å². The van der Waals surface area contributed by atoms with E-state index in [9.17, 15) is 4.39 Å². The molecule has 2 N–H and O–H groups in total. The molecule has 4 nitrogen and oxygen atoms in total. The van der Waals surface area contributed by atoms with Gasteiger partial charge in [0.05, 0.1) is 17.2 Å². The SMILES string of the molecule is OB(O)c1ccc2ncc(F)nc2c1. The molecule has 2 aromatic rings. The van der Waals surface area contributed by atoms with E-state index in [1.54, 1.807) is 6.07 Å². The van der Waals surface area contributed by atoms with Crippen LogP contribution in [0.1, 0.15) is 0 Å². The first-order chi connectivity index (χ1) is 6.66.